The molecule has 0 radical (unpaired) electrons. The number of carbonyl (C=O) groups is 1. The minimum Gasteiger partial charge on any atom is -0.493 e. The van der Waals surface area contributed by atoms with Crippen molar-refractivity contribution in [3.63, 3.8) is 0 Å². The van der Waals surface area contributed by atoms with Gasteiger partial charge in [0.15, 0.2) is 11.5 Å². The van der Waals surface area contributed by atoms with E-state index < -0.39 is 0 Å². The Balaban J connectivity index is 2.09. The second-order valence-corrected chi connectivity index (χ2v) is 6.31. The highest BCUT2D eigenvalue weighted by atomic mass is 79.9. The topological polar surface area (TPSA) is 59.6 Å². The minimum atomic E-state index is -0.280. The monoisotopic (exact) mass is 392 g/mol. The van der Waals surface area contributed by atoms with E-state index in [1.165, 1.54) is 0 Å². The summed E-state index contributed by atoms with van der Waals surface area (Å²) in [6.07, 6.45) is 0. The van der Waals surface area contributed by atoms with Crippen molar-refractivity contribution < 1.29 is 14.3 Å². The smallest absolute Gasteiger partial charge is 0.319 e. The molecule has 0 aromatic heterocycles. The fourth-order valence-electron chi connectivity index (χ4n) is 2.33. The molecule has 0 saturated heterocycles. The van der Waals surface area contributed by atoms with Crippen LogP contribution in [0.1, 0.15) is 24.1 Å². The van der Waals surface area contributed by atoms with Crippen molar-refractivity contribution in [2.24, 2.45) is 0 Å². The first-order chi connectivity index (χ1) is 11.4. The molecule has 24 heavy (non-hydrogen) atoms. The molecule has 0 aliphatic heterocycles. The first-order valence-electron chi connectivity index (χ1n) is 7.50. The molecule has 6 heteroatoms. The second-order valence-electron chi connectivity index (χ2n) is 5.40. The fraction of sp³-hybridized carbons (Fsp3) is 0.278. The second kappa shape index (κ2) is 8.06. The molecule has 0 bridgehead atoms. The lowest BCUT2D eigenvalue weighted by molar-refractivity contribution is 0.249. The van der Waals surface area contributed by atoms with Crippen LogP contribution < -0.4 is 20.1 Å². The normalized spacial score (nSPS) is 11.5. The number of benzene rings is 2. The number of nitrogens with one attached hydrogen (secondary N) is 2. The summed E-state index contributed by atoms with van der Waals surface area (Å²) in [5.41, 5.74) is 2.58. The molecule has 2 amide bonds. The quantitative estimate of drug-likeness (QED) is 0.777. The van der Waals surface area contributed by atoms with Crippen molar-refractivity contribution in [3.05, 3.63) is 52.0 Å². The van der Waals surface area contributed by atoms with Gasteiger partial charge in [0.2, 0.25) is 0 Å². The van der Waals surface area contributed by atoms with Crippen LogP contribution in [0.2, 0.25) is 0 Å². The summed E-state index contributed by atoms with van der Waals surface area (Å²) in [5, 5.41) is 5.78. The summed E-state index contributed by atoms with van der Waals surface area (Å²) in [7, 11) is 3.14. The van der Waals surface area contributed by atoms with E-state index in [0.29, 0.717) is 17.2 Å². The van der Waals surface area contributed by atoms with Gasteiger partial charge in [-0.25, -0.2) is 4.79 Å². The van der Waals surface area contributed by atoms with Gasteiger partial charge in [0.05, 0.1) is 20.3 Å². The summed E-state index contributed by atoms with van der Waals surface area (Å²) in [6, 6.07) is 11.0. The van der Waals surface area contributed by atoms with Gasteiger partial charge in [-0.15, -0.1) is 0 Å². The van der Waals surface area contributed by atoms with Crippen LogP contribution in [0.25, 0.3) is 0 Å². The van der Waals surface area contributed by atoms with E-state index in [1.54, 1.807) is 20.3 Å². The van der Waals surface area contributed by atoms with Gasteiger partial charge in [0.25, 0.3) is 0 Å². The zero-order valence-corrected chi connectivity index (χ0v) is 15.7. The molecular weight excluding hydrogens is 372 g/mol. The molecule has 0 aliphatic carbocycles. The molecule has 0 unspecified atom stereocenters. The predicted octanol–water partition coefficient (Wildman–Crippen LogP) is 4.66. The van der Waals surface area contributed by atoms with Crippen LogP contribution in [-0.4, -0.2) is 20.3 Å². The molecule has 2 aromatic carbocycles. The van der Waals surface area contributed by atoms with Crippen LogP contribution in [0, 0.1) is 6.92 Å². The van der Waals surface area contributed by atoms with E-state index in [4.69, 9.17) is 9.47 Å². The highest BCUT2D eigenvalue weighted by molar-refractivity contribution is 9.10. The number of halogens is 1. The van der Waals surface area contributed by atoms with Crippen LogP contribution in [-0.2, 0) is 0 Å². The number of ether oxygens (including phenoxy) is 2. The third-order valence-corrected chi connectivity index (χ3v) is 4.17. The van der Waals surface area contributed by atoms with Gasteiger partial charge in [0, 0.05) is 16.2 Å². The number of methoxy groups -OCH3 is 2. The molecular formula is C18H21BrN2O3. The minimum absolute atomic E-state index is 0.122. The molecule has 0 aliphatic rings. The Kier molecular flexibility index (Phi) is 6.09. The number of urea groups is 1. The van der Waals surface area contributed by atoms with Crippen molar-refractivity contribution >= 4 is 27.6 Å². The molecule has 2 rings (SSSR count). The maximum atomic E-state index is 12.3. The number of carbonyl (C=O) groups excluding carboxylic acids is 1. The van der Waals surface area contributed by atoms with Gasteiger partial charge in [0.1, 0.15) is 0 Å². The van der Waals surface area contributed by atoms with Gasteiger partial charge < -0.3 is 20.1 Å². The van der Waals surface area contributed by atoms with Gasteiger partial charge in [-0.1, -0.05) is 28.1 Å². The summed E-state index contributed by atoms with van der Waals surface area (Å²) in [6.45, 7) is 3.83. The SMILES string of the molecule is COc1cc(C)c(NC(=O)N[C@@H](C)c2cccc(Br)c2)cc1OC. The van der Waals surface area contributed by atoms with Crippen LogP contribution in [0.15, 0.2) is 40.9 Å². The molecule has 0 spiro atoms. The van der Waals surface area contributed by atoms with E-state index in [0.717, 1.165) is 15.6 Å². The van der Waals surface area contributed by atoms with E-state index in [9.17, 15) is 4.79 Å². The van der Waals surface area contributed by atoms with E-state index in [1.807, 2.05) is 44.2 Å². The Morgan fingerprint density at radius 1 is 1.12 bits per heavy atom. The first kappa shape index (κ1) is 18.1. The summed E-state index contributed by atoms with van der Waals surface area (Å²) < 4.78 is 11.5. The Morgan fingerprint density at radius 2 is 1.79 bits per heavy atom. The summed E-state index contributed by atoms with van der Waals surface area (Å²) >= 11 is 3.44. The van der Waals surface area contributed by atoms with Gasteiger partial charge in [-0.05, 0) is 43.2 Å². The molecule has 128 valence electrons. The first-order valence-corrected chi connectivity index (χ1v) is 8.29. The molecule has 2 aromatic rings. The molecule has 5 nitrogen and oxygen atoms in total. The molecule has 0 heterocycles. The average Bonchev–Trinajstić information content (AvgIpc) is 2.56. The van der Waals surface area contributed by atoms with Crippen molar-refractivity contribution in [1.29, 1.82) is 0 Å². The molecule has 2 N–H and O–H groups in total. The van der Waals surface area contributed by atoms with Gasteiger partial charge >= 0.3 is 6.03 Å². The maximum Gasteiger partial charge on any atom is 0.319 e. The zero-order valence-electron chi connectivity index (χ0n) is 14.1. The highest BCUT2D eigenvalue weighted by Crippen LogP contribution is 2.32. The van der Waals surface area contributed by atoms with Crippen LogP contribution in [0.3, 0.4) is 0 Å². The molecule has 1 atom stereocenters. The predicted molar refractivity (Wildman–Crippen MR) is 99.0 cm³/mol. The Bertz CT molecular complexity index is 734. The van der Waals surface area contributed by atoms with Crippen molar-refractivity contribution in [3.8, 4) is 11.5 Å². The lowest BCUT2D eigenvalue weighted by Crippen LogP contribution is -2.31. The number of rotatable bonds is 5. The third-order valence-electron chi connectivity index (χ3n) is 3.68. The number of aryl methyl sites for hydroxylation is 1. The van der Waals surface area contributed by atoms with E-state index in [-0.39, 0.29) is 12.1 Å². The van der Waals surface area contributed by atoms with Gasteiger partial charge in [-0.2, -0.15) is 0 Å². The number of hydrogen-bond acceptors (Lipinski definition) is 3. The van der Waals surface area contributed by atoms with Crippen LogP contribution in [0.4, 0.5) is 10.5 Å². The van der Waals surface area contributed by atoms with Crippen molar-refractivity contribution in [2.45, 2.75) is 19.9 Å². The zero-order chi connectivity index (χ0) is 17.7. The highest BCUT2D eigenvalue weighted by Gasteiger charge is 2.13. The standard InChI is InChI=1S/C18H21BrN2O3/c1-11-8-16(23-3)17(24-4)10-15(11)21-18(22)20-12(2)13-6-5-7-14(19)9-13/h5-10,12H,1-4H3,(H2,20,21,22)/t12-/m0/s1. The lowest BCUT2D eigenvalue weighted by atomic mass is 10.1. The van der Waals surface area contributed by atoms with Crippen LogP contribution >= 0.6 is 15.9 Å². The summed E-state index contributed by atoms with van der Waals surface area (Å²) in [4.78, 5) is 12.3. The maximum absolute atomic E-state index is 12.3. The number of anilines is 1. The molecule has 0 fully saturated rings. The van der Waals surface area contributed by atoms with Crippen LogP contribution in [0.5, 0.6) is 11.5 Å². The number of amides is 2. The van der Waals surface area contributed by atoms with Crippen molar-refractivity contribution in [1.82, 2.24) is 5.32 Å². The fourth-order valence-corrected chi connectivity index (χ4v) is 2.75. The van der Waals surface area contributed by atoms with Crippen molar-refractivity contribution in [2.75, 3.05) is 19.5 Å². The number of hydrogen-bond donors (Lipinski definition) is 2. The van der Waals surface area contributed by atoms with Gasteiger partial charge in [-0.3, -0.25) is 0 Å². The Hall–Kier alpha value is -2.21. The summed E-state index contributed by atoms with van der Waals surface area (Å²) in [5.74, 6) is 1.20. The molecule has 0 saturated carbocycles. The third kappa shape index (κ3) is 4.41. The Labute approximate surface area is 150 Å². The Morgan fingerprint density at radius 3 is 2.42 bits per heavy atom. The van der Waals surface area contributed by atoms with E-state index in [2.05, 4.69) is 26.6 Å². The van der Waals surface area contributed by atoms with E-state index >= 15 is 0 Å². The average molecular weight is 393 g/mol. The largest absolute Gasteiger partial charge is 0.493 e. The lowest BCUT2D eigenvalue weighted by Gasteiger charge is -2.17.